The first kappa shape index (κ1) is 7.16. The molecule has 0 aromatic heterocycles. The van der Waals surface area contributed by atoms with Crippen molar-refractivity contribution in [3.8, 4) is 0 Å². The molecule has 0 aliphatic carbocycles. The van der Waals surface area contributed by atoms with Crippen molar-refractivity contribution in [3.05, 3.63) is 0 Å². The van der Waals surface area contributed by atoms with Gasteiger partial charge in [0.05, 0.1) is 6.42 Å². The number of hydrogen-bond donors (Lipinski definition) is 2. The predicted molar refractivity (Wildman–Crippen MR) is 34.3 cm³/mol. The Balaban J connectivity index is 2.82. The SMILES string of the molecule is O=C(O)CCNI. The molecule has 0 aromatic rings. The lowest BCUT2D eigenvalue weighted by molar-refractivity contribution is -0.136. The van der Waals surface area contributed by atoms with Crippen molar-refractivity contribution in [2.45, 2.75) is 6.42 Å². The molecule has 4 heteroatoms. The average Bonchev–Trinajstić information content (AvgIpc) is 1.61. The Morgan fingerprint density at radius 1 is 1.86 bits per heavy atom. The van der Waals surface area contributed by atoms with Gasteiger partial charge in [0.15, 0.2) is 0 Å². The summed E-state index contributed by atoms with van der Waals surface area (Å²) in [4.78, 5) is 9.71. The van der Waals surface area contributed by atoms with E-state index in [2.05, 4.69) is 3.53 Å². The Hall–Kier alpha value is 0.160. The summed E-state index contributed by atoms with van der Waals surface area (Å²) in [6, 6.07) is 0. The third-order valence-corrected chi connectivity index (χ3v) is 0.973. The smallest absolute Gasteiger partial charge is 0.304 e. The highest BCUT2D eigenvalue weighted by molar-refractivity contribution is 14.1. The highest BCUT2D eigenvalue weighted by atomic mass is 127. The van der Waals surface area contributed by atoms with E-state index in [0.29, 0.717) is 6.54 Å². The molecule has 0 saturated carbocycles. The molecule has 0 bridgehead atoms. The van der Waals surface area contributed by atoms with E-state index in [1.807, 2.05) is 22.9 Å². The third-order valence-electron chi connectivity index (χ3n) is 0.433. The van der Waals surface area contributed by atoms with Crippen molar-refractivity contribution in [1.29, 1.82) is 0 Å². The summed E-state index contributed by atoms with van der Waals surface area (Å²) in [5.41, 5.74) is 0. The molecular weight excluding hydrogens is 209 g/mol. The molecule has 42 valence electrons. The van der Waals surface area contributed by atoms with Gasteiger partial charge in [-0.3, -0.25) is 8.32 Å². The summed E-state index contributed by atoms with van der Waals surface area (Å²) in [5, 5.41) is 8.00. The summed E-state index contributed by atoms with van der Waals surface area (Å²) in [7, 11) is 0. The van der Waals surface area contributed by atoms with Crippen LogP contribution >= 0.6 is 22.9 Å². The lowest BCUT2D eigenvalue weighted by Crippen LogP contribution is -2.06. The second kappa shape index (κ2) is 4.32. The summed E-state index contributed by atoms with van der Waals surface area (Å²) in [6.07, 6.45) is 0.197. The zero-order valence-corrected chi connectivity index (χ0v) is 5.81. The van der Waals surface area contributed by atoms with Crippen LogP contribution in [0.4, 0.5) is 0 Å². The maximum Gasteiger partial charge on any atom is 0.304 e. The van der Waals surface area contributed by atoms with Gasteiger partial charge in [0.2, 0.25) is 0 Å². The summed E-state index contributed by atoms with van der Waals surface area (Å²) in [6.45, 7) is 0.538. The minimum absolute atomic E-state index is 0.197. The number of carbonyl (C=O) groups is 1. The van der Waals surface area contributed by atoms with Crippen LogP contribution in [0.3, 0.4) is 0 Å². The second-order valence-electron chi connectivity index (χ2n) is 1.03. The number of aliphatic carboxylic acids is 1. The van der Waals surface area contributed by atoms with Crippen LogP contribution in [0, 0.1) is 0 Å². The second-order valence-corrected chi connectivity index (χ2v) is 1.79. The Labute approximate surface area is 55.6 Å². The van der Waals surface area contributed by atoms with Crippen molar-refractivity contribution in [1.82, 2.24) is 3.53 Å². The lowest BCUT2D eigenvalue weighted by atomic mass is 10.5. The van der Waals surface area contributed by atoms with Crippen LogP contribution in [0.15, 0.2) is 0 Å². The lowest BCUT2D eigenvalue weighted by Gasteiger charge is -1.87. The van der Waals surface area contributed by atoms with Crippen LogP contribution in [0.1, 0.15) is 6.42 Å². The van der Waals surface area contributed by atoms with Crippen molar-refractivity contribution < 1.29 is 9.90 Å². The summed E-state index contributed by atoms with van der Waals surface area (Å²) >= 11 is 1.91. The first-order valence-electron chi connectivity index (χ1n) is 1.82. The fraction of sp³-hybridized carbons (Fsp3) is 0.667. The van der Waals surface area contributed by atoms with E-state index >= 15 is 0 Å². The van der Waals surface area contributed by atoms with Crippen molar-refractivity contribution in [3.63, 3.8) is 0 Å². The first-order chi connectivity index (χ1) is 3.27. The molecule has 0 unspecified atom stereocenters. The van der Waals surface area contributed by atoms with Gasteiger partial charge in [-0.25, -0.2) is 0 Å². The van der Waals surface area contributed by atoms with Gasteiger partial charge in [0.25, 0.3) is 0 Å². The number of carboxylic acid groups (broad SMARTS) is 1. The molecule has 0 aliphatic rings. The maximum atomic E-state index is 9.71. The van der Waals surface area contributed by atoms with Crippen LogP contribution in [0.25, 0.3) is 0 Å². The molecule has 0 aliphatic heterocycles. The topological polar surface area (TPSA) is 49.3 Å². The quantitative estimate of drug-likeness (QED) is 0.529. The molecule has 0 radical (unpaired) electrons. The minimum atomic E-state index is -0.760. The molecule has 0 saturated heterocycles. The maximum absolute atomic E-state index is 9.71. The number of nitrogens with one attached hydrogen (secondary N) is 1. The largest absolute Gasteiger partial charge is 0.481 e. The van der Waals surface area contributed by atoms with E-state index in [9.17, 15) is 4.79 Å². The first-order valence-corrected chi connectivity index (χ1v) is 2.90. The van der Waals surface area contributed by atoms with Crippen molar-refractivity contribution in [2.75, 3.05) is 6.54 Å². The average molecular weight is 215 g/mol. The molecule has 0 aromatic carbocycles. The molecule has 2 N–H and O–H groups in total. The summed E-state index contributed by atoms with van der Waals surface area (Å²) < 4.78 is 2.69. The molecule has 0 fully saturated rings. The molecule has 0 spiro atoms. The zero-order chi connectivity index (χ0) is 5.70. The van der Waals surface area contributed by atoms with Gasteiger partial charge in [-0.15, -0.1) is 0 Å². The highest BCUT2D eigenvalue weighted by Gasteiger charge is 1.90. The van der Waals surface area contributed by atoms with Gasteiger partial charge in [0.1, 0.15) is 0 Å². The van der Waals surface area contributed by atoms with E-state index in [1.165, 1.54) is 0 Å². The Morgan fingerprint density at radius 3 is 2.57 bits per heavy atom. The van der Waals surface area contributed by atoms with Crippen molar-refractivity contribution >= 4 is 28.8 Å². The normalized spacial score (nSPS) is 8.71. The van der Waals surface area contributed by atoms with Crippen molar-refractivity contribution in [2.24, 2.45) is 0 Å². The van der Waals surface area contributed by atoms with Crippen LogP contribution in [-0.4, -0.2) is 17.6 Å². The number of rotatable bonds is 3. The van der Waals surface area contributed by atoms with Gasteiger partial charge < -0.3 is 5.11 Å². The van der Waals surface area contributed by atoms with Gasteiger partial charge >= 0.3 is 5.97 Å². The van der Waals surface area contributed by atoms with E-state index in [0.717, 1.165) is 0 Å². The minimum Gasteiger partial charge on any atom is -0.481 e. The number of halogens is 1. The van der Waals surface area contributed by atoms with Gasteiger partial charge in [0, 0.05) is 29.4 Å². The third kappa shape index (κ3) is 6.16. The molecule has 0 amide bonds. The van der Waals surface area contributed by atoms with Gasteiger partial charge in [-0.05, 0) is 0 Å². The fourth-order valence-corrected chi connectivity index (χ4v) is 0.424. The Bertz CT molecular complexity index is 66.0. The molecule has 0 atom stereocenters. The molecule has 3 nitrogen and oxygen atoms in total. The highest BCUT2D eigenvalue weighted by Crippen LogP contribution is 1.76. The van der Waals surface area contributed by atoms with E-state index in [4.69, 9.17) is 5.11 Å². The number of hydrogen-bond acceptors (Lipinski definition) is 2. The standard InChI is InChI=1S/C3H6INO2/c4-5-2-1-3(6)7/h5H,1-2H2,(H,6,7). The monoisotopic (exact) mass is 215 g/mol. The molecule has 0 rings (SSSR count). The summed E-state index contributed by atoms with van der Waals surface area (Å²) in [5.74, 6) is -0.760. The van der Waals surface area contributed by atoms with Crippen LogP contribution in [0.5, 0.6) is 0 Å². The van der Waals surface area contributed by atoms with Crippen LogP contribution < -0.4 is 3.53 Å². The Morgan fingerprint density at radius 2 is 2.43 bits per heavy atom. The van der Waals surface area contributed by atoms with E-state index < -0.39 is 5.97 Å². The van der Waals surface area contributed by atoms with Crippen LogP contribution in [0.2, 0.25) is 0 Å². The molecule has 0 heterocycles. The molecular formula is C3H6INO2. The van der Waals surface area contributed by atoms with Gasteiger partial charge in [-0.2, -0.15) is 0 Å². The van der Waals surface area contributed by atoms with Gasteiger partial charge in [-0.1, -0.05) is 0 Å². The Kier molecular flexibility index (Phi) is 4.42. The van der Waals surface area contributed by atoms with E-state index in [1.54, 1.807) is 0 Å². The zero-order valence-electron chi connectivity index (χ0n) is 3.65. The van der Waals surface area contributed by atoms with E-state index in [-0.39, 0.29) is 6.42 Å². The van der Waals surface area contributed by atoms with Crippen LogP contribution in [-0.2, 0) is 4.79 Å². The fourth-order valence-electron chi connectivity index (χ4n) is 0.154. The predicted octanol–water partition coefficient (Wildman–Crippen LogP) is 0.401. The number of carboxylic acids is 1. The molecule has 7 heavy (non-hydrogen) atoms.